The van der Waals surface area contributed by atoms with Gasteiger partial charge < -0.3 is 9.84 Å². The molecule has 20 heavy (non-hydrogen) atoms. The number of rotatable bonds is 3. The van der Waals surface area contributed by atoms with Crippen LogP contribution in [0, 0.1) is 6.92 Å². The van der Waals surface area contributed by atoms with Crippen LogP contribution >= 0.6 is 11.6 Å². The predicted molar refractivity (Wildman–Crippen MR) is 75.0 cm³/mol. The van der Waals surface area contributed by atoms with Crippen LogP contribution in [0.3, 0.4) is 0 Å². The lowest BCUT2D eigenvalue weighted by molar-refractivity contribution is 0.104. The number of aliphatic hydroxyl groups is 1. The Kier molecular flexibility index (Phi) is 3.74. The van der Waals surface area contributed by atoms with Gasteiger partial charge in [0.05, 0.1) is 18.0 Å². The molecule has 1 aromatic heterocycles. The summed E-state index contributed by atoms with van der Waals surface area (Å²) >= 11 is 6.17. The molecule has 0 saturated carbocycles. The van der Waals surface area contributed by atoms with Crippen LogP contribution in [0.25, 0.3) is 5.69 Å². The smallest absolute Gasteiger partial charge is 0.114 e. The van der Waals surface area contributed by atoms with E-state index in [-0.39, 0.29) is 12.7 Å². The van der Waals surface area contributed by atoms with Gasteiger partial charge in [0.2, 0.25) is 0 Å². The number of nitrogens with zero attached hydrogens (tertiary/aromatic N) is 3. The summed E-state index contributed by atoms with van der Waals surface area (Å²) in [4.78, 5) is 0. The van der Waals surface area contributed by atoms with E-state index in [1.807, 2.05) is 25.1 Å². The molecule has 5 nitrogen and oxygen atoms in total. The largest absolute Gasteiger partial charge is 0.390 e. The van der Waals surface area contributed by atoms with Crippen molar-refractivity contribution in [1.82, 2.24) is 15.0 Å². The van der Waals surface area contributed by atoms with Crippen LogP contribution in [0.15, 0.2) is 18.2 Å². The van der Waals surface area contributed by atoms with Crippen molar-refractivity contribution in [2.75, 3.05) is 6.61 Å². The fourth-order valence-corrected chi connectivity index (χ4v) is 2.72. The maximum absolute atomic E-state index is 9.47. The van der Waals surface area contributed by atoms with Crippen molar-refractivity contribution in [2.45, 2.75) is 32.5 Å². The number of hydrogen-bond donors (Lipinski definition) is 1. The molecule has 106 valence electrons. The Hall–Kier alpha value is -1.43. The molecule has 1 N–H and O–H groups in total. The van der Waals surface area contributed by atoms with E-state index in [0.717, 1.165) is 36.4 Å². The molecule has 0 amide bonds. The molecule has 3 rings (SSSR count). The van der Waals surface area contributed by atoms with Crippen LogP contribution in [0.5, 0.6) is 0 Å². The second-order valence-corrected chi connectivity index (χ2v) is 5.28. The molecule has 1 aliphatic rings. The molecule has 2 aromatic rings. The summed E-state index contributed by atoms with van der Waals surface area (Å²) in [6, 6.07) is 5.66. The molecule has 1 atom stereocenters. The average Bonchev–Trinajstić information content (AvgIpc) is 3.09. The van der Waals surface area contributed by atoms with Gasteiger partial charge in [-0.3, -0.25) is 0 Å². The third-order valence-corrected chi connectivity index (χ3v) is 4.04. The molecule has 1 aromatic carbocycles. The summed E-state index contributed by atoms with van der Waals surface area (Å²) in [6.45, 7) is 2.53. The third-order valence-electron chi connectivity index (χ3n) is 3.63. The van der Waals surface area contributed by atoms with E-state index in [4.69, 9.17) is 16.3 Å². The normalized spacial score (nSPS) is 18.6. The quantitative estimate of drug-likeness (QED) is 0.945. The Balaban J connectivity index is 2.13. The second-order valence-electron chi connectivity index (χ2n) is 4.88. The highest BCUT2D eigenvalue weighted by Crippen LogP contribution is 2.33. The van der Waals surface area contributed by atoms with E-state index >= 15 is 0 Å². The maximum atomic E-state index is 9.47. The monoisotopic (exact) mass is 293 g/mol. The molecule has 0 aliphatic carbocycles. The SMILES string of the molecule is Cc1c(Cl)cccc1-n1nnc(CO)c1C1CCCO1. The first-order valence-corrected chi connectivity index (χ1v) is 7.02. The lowest BCUT2D eigenvalue weighted by atomic mass is 10.1. The van der Waals surface area contributed by atoms with E-state index < -0.39 is 0 Å². The second kappa shape index (κ2) is 5.52. The van der Waals surface area contributed by atoms with Crippen molar-refractivity contribution in [1.29, 1.82) is 0 Å². The molecule has 2 heterocycles. The summed E-state index contributed by atoms with van der Waals surface area (Å²) in [5, 5.41) is 18.4. The Morgan fingerprint density at radius 2 is 2.35 bits per heavy atom. The van der Waals surface area contributed by atoms with Gasteiger partial charge in [-0.1, -0.05) is 22.9 Å². The summed E-state index contributed by atoms with van der Waals surface area (Å²) in [6.07, 6.45) is 1.86. The first-order chi connectivity index (χ1) is 9.72. The molecule has 1 saturated heterocycles. The highest BCUT2D eigenvalue weighted by Gasteiger charge is 2.27. The Morgan fingerprint density at radius 3 is 3.05 bits per heavy atom. The number of aliphatic hydroxyl groups excluding tert-OH is 1. The highest BCUT2D eigenvalue weighted by atomic mass is 35.5. The number of halogens is 1. The van der Waals surface area contributed by atoms with Gasteiger partial charge in [0.1, 0.15) is 11.8 Å². The summed E-state index contributed by atoms with van der Waals surface area (Å²) < 4.78 is 7.47. The minimum atomic E-state index is -0.144. The summed E-state index contributed by atoms with van der Waals surface area (Å²) in [5.74, 6) is 0. The average molecular weight is 294 g/mol. The van der Waals surface area contributed by atoms with Gasteiger partial charge in [-0.15, -0.1) is 5.10 Å². The van der Waals surface area contributed by atoms with Crippen LogP contribution in [0.4, 0.5) is 0 Å². The van der Waals surface area contributed by atoms with Gasteiger partial charge in [-0.05, 0) is 37.5 Å². The zero-order valence-electron chi connectivity index (χ0n) is 11.2. The van der Waals surface area contributed by atoms with E-state index in [2.05, 4.69) is 10.3 Å². The van der Waals surface area contributed by atoms with Gasteiger partial charge in [0.25, 0.3) is 0 Å². The van der Waals surface area contributed by atoms with Gasteiger partial charge in [0, 0.05) is 11.6 Å². The number of benzene rings is 1. The minimum absolute atomic E-state index is 0.0643. The van der Waals surface area contributed by atoms with Gasteiger partial charge >= 0.3 is 0 Å². The summed E-state index contributed by atoms with van der Waals surface area (Å²) in [5.41, 5.74) is 3.20. The van der Waals surface area contributed by atoms with Crippen molar-refractivity contribution in [2.24, 2.45) is 0 Å². The van der Waals surface area contributed by atoms with Gasteiger partial charge in [-0.2, -0.15) is 0 Å². The molecule has 0 radical (unpaired) electrons. The van der Waals surface area contributed by atoms with E-state index in [9.17, 15) is 5.11 Å². The molecule has 1 aliphatic heterocycles. The van der Waals surface area contributed by atoms with Crippen molar-refractivity contribution in [3.63, 3.8) is 0 Å². The Bertz CT molecular complexity index is 621. The Labute approximate surface area is 122 Å². The highest BCUT2D eigenvalue weighted by molar-refractivity contribution is 6.31. The van der Waals surface area contributed by atoms with Crippen LogP contribution in [-0.4, -0.2) is 26.7 Å². The zero-order chi connectivity index (χ0) is 14.1. The fraction of sp³-hybridized carbons (Fsp3) is 0.429. The topological polar surface area (TPSA) is 60.2 Å². The molecule has 0 spiro atoms. The van der Waals surface area contributed by atoms with Crippen LogP contribution in [-0.2, 0) is 11.3 Å². The molecular formula is C14H16ClN3O2. The third kappa shape index (κ3) is 2.22. The van der Waals surface area contributed by atoms with Crippen LogP contribution in [0.1, 0.15) is 35.9 Å². The van der Waals surface area contributed by atoms with E-state index in [0.29, 0.717) is 10.7 Å². The number of ether oxygens (including phenoxy) is 1. The maximum Gasteiger partial charge on any atom is 0.114 e. The van der Waals surface area contributed by atoms with Crippen molar-refractivity contribution >= 4 is 11.6 Å². The zero-order valence-corrected chi connectivity index (χ0v) is 12.0. The number of aromatic nitrogens is 3. The lowest BCUT2D eigenvalue weighted by Gasteiger charge is -2.15. The van der Waals surface area contributed by atoms with E-state index in [1.165, 1.54) is 0 Å². The Morgan fingerprint density at radius 1 is 1.50 bits per heavy atom. The minimum Gasteiger partial charge on any atom is -0.390 e. The van der Waals surface area contributed by atoms with Crippen LogP contribution in [0.2, 0.25) is 5.02 Å². The molecule has 6 heteroatoms. The first-order valence-electron chi connectivity index (χ1n) is 6.64. The number of hydrogen-bond acceptors (Lipinski definition) is 4. The van der Waals surface area contributed by atoms with Gasteiger partial charge in [-0.25, -0.2) is 4.68 Å². The van der Waals surface area contributed by atoms with Crippen molar-refractivity contribution < 1.29 is 9.84 Å². The summed E-state index contributed by atoms with van der Waals surface area (Å²) in [7, 11) is 0. The molecular weight excluding hydrogens is 278 g/mol. The van der Waals surface area contributed by atoms with Crippen molar-refractivity contribution in [3.8, 4) is 5.69 Å². The first kappa shape index (κ1) is 13.5. The predicted octanol–water partition coefficient (Wildman–Crippen LogP) is 2.57. The standard InChI is InChI=1S/C14H16ClN3O2/c1-9-10(15)4-2-5-12(9)18-14(11(8-19)16-17-18)13-6-3-7-20-13/h2,4-5,13,19H,3,6-8H2,1H3. The van der Waals surface area contributed by atoms with Crippen LogP contribution < -0.4 is 0 Å². The molecule has 1 unspecified atom stereocenters. The fourth-order valence-electron chi connectivity index (χ4n) is 2.55. The van der Waals surface area contributed by atoms with Gasteiger partial charge in [0.15, 0.2) is 0 Å². The lowest BCUT2D eigenvalue weighted by Crippen LogP contribution is -2.10. The van der Waals surface area contributed by atoms with E-state index in [1.54, 1.807) is 4.68 Å². The molecule has 0 bridgehead atoms. The van der Waals surface area contributed by atoms with Crippen molar-refractivity contribution in [3.05, 3.63) is 40.2 Å². The molecule has 1 fully saturated rings.